The van der Waals surface area contributed by atoms with Crippen molar-refractivity contribution in [3.63, 3.8) is 0 Å². The molecule has 0 aliphatic heterocycles. The van der Waals surface area contributed by atoms with Gasteiger partial charge in [-0.05, 0) is 97.1 Å². The molecule has 1 unspecified atom stereocenters. The van der Waals surface area contributed by atoms with Crippen LogP contribution in [0.15, 0.2) is 66.7 Å². The van der Waals surface area contributed by atoms with Crippen molar-refractivity contribution >= 4 is 0 Å². The molecule has 0 N–H and O–H groups in total. The van der Waals surface area contributed by atoms with E-state index in [0.717, 1.165) is 17.9 Å². The van der Waals surface area contributed by atoms with E-state index in [1.165, 1.54) is 55.4 Å². The van der Waals surface area contributed by atoms with Gasteiger partial charge in [0, 0.05) is 0 Å². The van der Waals surface area contributed by atoms with E-state index in [1.54, 1.807) is 6.07 Å². The molecule has 33 heavy (non-hydrogen) atoms. The lowest BCUT2D eigenvalue weighted by molar-refractivity contribution is 0.297. The molecule has 1 nitrogen and oxygen atoms in total. The Kier molecular flexibility index (Phi) is 7.55. The van der Waals surface area contributed by atoms with E-state index < -0.39 is 17.2 Å². The van der Waals surface area contributed by atoms with Crippen molar-refractivity contribution in [1.82, 2.24) is 0 Å². The first kappa shape index (κ1) is 23.2. The fourth-order valence-electron chi connectivity index (χ4n) is 5.27. The second-order valence-corrected chi connectivity index (χ2v) is 9.55. The molecule has 1 aliphatic carbocycles. The molecule has 0 amide bonds. The molecule has 3 aromatic carbocycles. The van der Waals surface area contributed by atoms with Gasteiger partial charge in [0.15, 0.2) is 0 Å². The Morgan fingerprint density at radius 2 is 1.45 bits per heavy atom. The molecule has 1 aliphatic rings. The summed E-state index contributed by atoms with van der Waals surface area (Å²) in [5.74, 6) is 0.492. The fourth-order valence-corrected chi connectivity index (χ4v) is 5.27. The zero-order chi connectivity index (χ0) is 23.2. The molecule has 4 rings (SSSR count). The molecule has 3 aromatic rings. The van der Waals surface area contributed by atoms with Crippen LogP contribution in [0, 0.1) is 28.9 Å². The van der Waals surface area contributed by atoms with E-state index in [9.17, 15) is 8.78 Å². The Labute approximate surface area is 196 Å². The molecule has 0 radical (unpaired) electrons. The summed E-state index contributed by atoms with van der Waals surface area (Å²) in [5.41, 5.74) is 4.09. The molecule has 0 heterocycles. The highest BCUT2D eigenvalue weighted by atomic mass is 19.1. The molecule has 170 valence electrons. The second-order valence-electron chi connectivity index (χ2n) is 9.55. The maximum absolute atomic E-state index is 13.8. The van der Waals surface area contributed by atoms with Gasteiger partial charge < -0.3 is 0 Å². The number of aryl methyl sites for hydroxylation is 2. The number of hydrogen-bond acceptors (Lipinski definition) is 1. The minimum Gasteiger partial charge on any atom is -0.205 e. The van der Waals surface area contributed by atoms with Crippen molar-refractivity contribution < 1.29 is 8.78 Å². The van der Waals surface area contributed by atoms with Gasteiger partial charge in [-0.25, -0.2) is 8.78 Å². The Bertz CT molecular complexity index is 1070. The number of nitriles is 1. The Morgan fingerprint density at radius 3 is 2.06 bits per heavy atom. The van der Waals surface area contributed by atoms with Crippen molar-refractivity contribution in [3.8, 4) is 6.07 Å². The highest BCUT2D eigenvalue weighted by Gasteiger charge is 2.24. The lowest BCUT2D eigenvalue weighted by Gasteiger charge is -2.30. The molecular weight excluding hydrogens is 412 g/mol. The Morgan fingerprint density at radius 1 is 0.848 bits per heavy atom. The SMILES string of the molecule is CC(CC1CCC(c2ccc(CCc3cc(F)c(C#N)c(F)c3)cc2)CC1)c1ccccc1. The first-order valence-corrected chi connectivity index (χ1v) is 12.0. The summed E-state index contributed by atoms with van der Waals surface area (Å²) >= 11 is 0. The van der Waals surface area contributed by atoms with E-state index in [-0.39, 0.29) is 0 Å². The largest absolute Gasteiger partial charge is 0.205 e. The summed E-state index contributed by atoms with van der Waals surface area (Å²) in [4.78, 5) is 0. The number of nitrogens with zero attached hydrogens (tertiary/aromatic N) is 1. The zero-order valence-electron chi connectivity index (χ0n) is 19.2. The van der Waals surface area contributed by atoms with Crippen molar-refractivity contribution in [1.29, 1.82) is 5.26 Å². The minimum absolute atomic E-state index is 0.507. The van der Waals surface area contributed by atoms with Crippen molar-refractivity contribution in [3.05, 3.63) is 106 Å². The van der Waals surface area contributed by atoms with Crippen LogP contribution in [0.1, 0.15) is 78.7 Å². The summed E-state index contributed by atoms with van der Waals surface area (Å²) < 4.78 is 27.6. The monoisotopic (exact) mass is 443 g/mol. The summed E-state index contributed by atoms with van der Waals surface area (Å²) in [6.07, 6.45) is 7.61. The third-order valence-electron chi connectivity index (χ3n) is 7.27. The molecule has 1 saturated carbocycles. The van der Waals surface area contributed by atoms with Crippen molar-refractivity contribution in [2.75, 3.05) is 0 Å². The molecule has 3 heteroatoms. The smallest absolute Gasteiger partial charge is 0.144 e. The maximum Gasteiger partial charge on any atom is 0.144 e. The van der Waals surface area contributed by atoms with Crippen LogP contribution in [0.5, 0.6) is 0 Å². The van der Waals surface area contributed by atoms with Crippen LogP contribution >= 0.6 is 0 Å². The predicted molar refractivity (Wildman–Crippen MR) is 129 cm³/mol. The van der Waals surface area contributed by atoms with Gasteiger partial charge >= 0.3 is 0 Å². The van der Waals surface area contributed by atoms with E-state index in [2.05, 4.69) is 61.5 Å². The topological polar surface area (TPSA) is 23.8 Å². The lowest BCUT2D eigenvalue weighted by atomic mass is 9.75. The first-order chi connectivity index (χ1) is 16.0. The Balaban J connectivity index is 1.27. The second kappa shape index (κ2) is 10.8. The van der Waals surface area contributed by atoms with E-state index in [1.807, 2.05) is 0 Å². The first-order valence-electron chi connectivity index (χ1n) is 12.0. The average Bonchev–Trinajstić information content (AvgIpc) is 2.84. The third kappa shape index (κ3) is 5.88. The van der Waals surface area contributed by atoms with Crippen LogP contribution in [-0.2, 0) is 12.8 Å². The molecule has 1 fully saturated rings. The molecule has 0 bridgehead atoms. The minimum atomic E-state index is -0.781. The van der Waals surface area contributed by atoms with Crippen molar-refractivity contribution in [2.24, 2.45) is 5.92 Å². The normalized spacial score (nSPS) is 19.1. The van der Waals surface area contributed by atoms with Gasteiger partial charge in [-0.3, -0.25) is 0 Å². The summed E-state index contributed by atoms with van der Waals surface area (Å²) in [7, 11) is 0. The number of rotatable bonds is 7. The highest BCUT2D eigenvalue weighted by molar-refractivity contribution is 5.36. The average molecular weight is 444 g/mol. The third-order valence-corrected chi connectivity index (χ3v) is 7.27. The molecule has 0 spiro atoms. The zero-order valence-corrected chi connectivity index (χ0v) is 19.2. The Hall–Kier alpha value is -2.99. The van der Waals surface area contributed by atoms with Gasteiger partial charge in [0.1, 0.15) is 23.3 Å². The number of halogens is 2. The lowest BCUT2D eigenvalue weighted by Crippen LogP contribution is -2.15. The summed E-state index contributed by atoms with van der Waals surface area (Å²) in [6.45, 7) is 2.35. The molecular formula is C30H31F2N. The van der Waals surface area contributed by atoms with Crippen LogP contribution in [0.25, 0.3) is 0 Å². The van der Waals surface area contributed by atoms with Gasteiger partial charge in [0.2, 0.25) is 0 Å². The quantitative estimate of drug-likeness (QED) is 0.362. The molecule has 0 aromatic heterocycles. The van der Waals surface area contributed by atoms with E-state index in [4.69, 9.17) is 5.26 Å². The van der Waals surface area contributed by atoms with Gasteiger partial charge in [0.25, 0.3) is 0 Å². The van der Waals surface area contributed by atoms with Gasteiger partial charge in [-0.2, -0.15) is 5.26 Å². The van der Waals surface area contributed by atoms with Crippen LogP contribution < -0.4 is 0 Å². The predicted octanol–water partition coefficient (Wildman–Crippen LogP) is 8.09. The highest BCUT2D eigenvalue weighted by Crippen LogP contribution is 2.39. The van der Waals surface area contributed by atoms with Gasteiger partial charge in [-0.15, -0.1) is 0 Å². The summed E-state index contributed by atoms with van der Waals surface area (Å²) in [5, 5.41) is 8.80. The van der Waals surface area contributed by atoms with E-state index in [0.29, 0.717) is 23.8 Å². The number of hydrogen-bond donors (Lipinski definition) is 0. The fraction of sp³-hybridized carbons (Fsp3) is 0.367. The van der Waals surface area contributed by atoms with Gasteiger partial charge in [0.05, 0.1) is 0 Å². The summed E-state index contributed by atoms with van der Waals surface area (Å²) in [6, 6.07) is 23.7. The van der Waals surface area contributed by atoms with Crippen molar-refractivity contribution in [2.45, 2.75) is 63.7 Å². The van der Waals surface area contributed by atoms with Crippen LogP contribution in [0.2, 0.25) is 0 Å². The maximum atomic E-state index is 13.8. The van der Waals surface area contributed by atoms with Crippen LogP contribution in [0.3, 0.4) is 0 Å². The van der Waals surface area contributed by atoms with Gasteiger partial charge in [-0.1, -0.05) is 61.5 Å². The number of benzene rings is 3. The molecule has 0 saturated heterocycles. The van der Waals surface area contributed by atoms with Crippen LogP contribution in [0.4, 0.5) is 8.78 Å². The standard InChI is InChI=1S/C30H31F2N/c1-21(25-5-3-2-4-6-25)17-23-11-15-27(16-12-23)26-13-9-22(10-14-26)7-8-24-18-29(31)28(20-33)30(32)19-24/h2-6,9-10,13-14,18-19,21,23,27H,7-8,11-12,15-17H2,1H3. The van der Waals surface area contributed by atoms with Crippen LogP contribution in [-0.4, -0.2) is 0 Å². The molecule has 1 atom stereocenters. The van der Waals surface area contributed by atoms with E-state index >= 15 is 0 Å².